The van der Waals surface area contributed by atoms with Crippen LogP contribution in [0.1, 0.15) is 6.42 Å². The Morgan fingerprint density at radius 1 is 1.33 bits per heavy atom. The molecule has 15 heavy (non-hydrogen) atoms. The SMILES string of the molecule is C[N+](C)(C)CC(CC(=O)O)OC(=O)CO. The Labute approximate surface area is 88.7 Å². The fourth-order valence-corrected chi connectivity index (χ4v) is 1.17. The number of aliphatic carboxylic acids is 1. The van der Waals surface area contributed by atoms with Gasteiger partial charge in [-0.2, -0.15) is 0 Å². The number of hydrogen-bond acceptors (Lipinski definition) is 4. The van der Waals surface area contributed by atoms with Crippen molar-refractivity contribution in [2.75, 3.05) is 34.3 Å². The smallest absolute Gasteiger partial charge is 0.332 e. The number of carboxylic acid groups (broad SMARTS) is 1. The lowest BCUT2D eigenvalue weighted by atomic mass is 10.2. The molecule has 0 aliphatic heterocycles. The predicted octanol–water partition coefficient (Wildman–Crippen LogP) is -0.929. The summed E-state index contributed by atoms with van der Waals surface area (Å²) in [6.07, 6.45) is -0.955. The van der Waals surface area contributed by atoms with Gasteiger partial charge in [0.05, 0.1) is 27.6 Å². The maximum absolute atomic E-state index is 10.8. The highest BCUT2D eigenvalue weighted by atomic mass is 16.6. The molecule has 0 aromatic heterocycles. The summed E-state index contributed by atoms with van der Waals surface area (Å²) in [7, 11) is 5.59. The van der Waals surface area contributed by atoms with Crippen molar-refractivity contribution in [3.05, 3.63) is 0 Å². The summed E-state index contributed by atoms with van der Waals surface area (Å²) >= 11 is 0. The van der Waals surface area contributed by atoms with E-state index in [9.17, 15) is 9.59 Å². The monoisotopic (exact) mass is 220 g/mol. The summed E-state index contributed by atoms with van der Waals surface area (Å²) in [4.78, 5) is 21.3. The molecule has 0 amide bonds. The molecule has 0 aliphatic carbocycles. The van der Waals surface area contributed by atoms with E-state index < -0.39 is 24.6 Å². The van der Waals surface area contributed by atoms with Crippen LogP contribution in [-0.2, 0) is 14.3 Å². The molecule has 6 nitrogen and oxygen atoms in total. The highest BCUT2D eigenvalue weighted by Gasteiger charge is 2.24. The van der Waals surface area contributed by atoms with Crippen molar-refractivity contribution in [3.8, 4) is 0 Å². The second-order valence-corrected chi connectivity index (χ2v) is 4.34. The van der Waals surface area contributed by atoms with E-state index in [1.807, 2.05) is 21.1 Å². The minimum Gasteiger partial charge on any atom is -0.481 e. The second-order valence-electron chi connectivity index (χ2n) is 4.34. The maximum Gasteiger partial charge on any atom is 0.332 e. The Morgan fingerprint density at radius 2 is 1.87 bits per heavy atom. The molecule has 0 saturated carbocycles. The summed E-state index contributed by atoms with van der Waals surface area (Å²) in [5, 5.41) is 17.1. The van der Waals surface area contributed by atoms with E-state index in [0.717, 1.165) is 0 Å². The number of rotatable bonds is 6. The molecule has 0 bridgehead atoms. The summed E-state index contributed by atoms with van der Waals surface area (Å²) in [5.41, 5.74) is 0. The lowest BCUT2D eigenvalue weighted by Gasteiger charge is -2.28. The third kappa shape index (κ3) is 7.90. The Hall–Kier alpha value is -1.14. The minimum atomic E-state index is -1.03. The van der Waals surface area contributed by atoms with E-state index in [1.54, 1.807) is 0 Å². The van der Waals surface area contributed by atoms with Gasteiger partial charge in [0.1, 0.15) is 13.2 Å². The molecule has 0 aromatic carbocycles. The van der Waals surface area contributed by atoms with Crippen LogP contribution >= 0.6 is 0 Å². The molecule has 0 radical (unpaired) electrons. The number of carbonyl (C=O) groups excluding carboxylic acids is 1. The number of quaternary nitrogens is 1. The van der Waals surface area contributed by atoms with Gasteiger partial charge in [-0.15, -0.1) is 0 Å². The molecular weight excluding hydrogens is 202 g/mol. The van der Waals surface area contributed by atoms with Crippen LogP contribution in [0.2, 0.25) is 0 Å². The highest BCUT2D eigenvalue weighted by Crippen LogP contribution is 2.05. The minimum absolute atomic E-state index is 0.249. The molecule has 0 saturated heterocycles. The number of aliphatic hydroxyl groups is 1. The zero-order chi connectivity index (χ0) is 12.1. The van der Waals surface area contributed by atoms with Crippen LogP contribution in [-0.4, -0.2) is 67.0 Å². The van der Waals surface area contributed by atoms with Crippen molar-refractivity contribution >= 4 is 11.9 Å². The molecule has 0 aliphatic rings. The second kappa shape index (κ2) is 5.67. The normalized spacial score (nSPS) is 13.3. The summed E-state index contributed by atoms with van der Waals surface area (Å²) in [6.45, 7) is -0.342. The van der Waals surface area contributed by atoms with Crippen molar-refractivity contribution in [2.24, 2.45) is 0 Å². The zero-order valence-electron chi connectivity index (χ0n) is 9.27. The van der Waals surface area contributed by atoms with Crippen LogP contribution in [0.15, 0.2) is 0 Å². The number of carboxylic acids is 1. The van der Waals surface area contributed by atoms with Gasteiger partial charge in [-0.3, -0.25) is 4.79 Å². The zero-order valence-corrected chi connectivity index (χ0v) is 9.27. The average molecular weight is 220 g/mol. The van der Waals surface area contributed by atoms with Crippen LogP contribution in [0, 0.1) is 0 Å². The van der Waals surface area contributed by atoms with E-state index in [2.05, 4.69) is 0 Å². The standard InChI is InChI=1S/C9H17NO5/c1-10(2,3)5-7(4-8(12)13)15-9(14)6-11/h7,11H,4-6H2,1-3H3/p+1. The Kier molecular flexibility index (Phi) is 5.24. The van der Waals surface area contributed by atoms with Gasteiger partial charge in [0.15, 0.2) is 6.10 Å². The topological polar surface area (TPSA) is 83.8 Å². The van der Waals surface area contributed by atoms with Crippen LogP contribution in [0.4, 0.5) is 0 Å². The first kappa shape index (κ1) is 13.9. The average Bonchev–Trinajstić information content (AvgIpc) is 1.99. The first-order valence-corrected chi connectivity index (χ1v) is 4.57. The van der Waals surface area contributed by atoms with E-state index in [1.165, 1.54) is 0 Å². The molecule has 0 spiro atoms. The van der Waals surface area contributed by atoms with Crippen molar-refractivity contribution in [1.29, 1.82) is 0 Å². The van der Waals surface area contributed by atoms with E-state index in [0.29, 0.717) is 11.0 Å². The third-order valence-electron chi connectivity index (χ3n) is 1.58. The van der Waals surface area contributed by atoms with Crippen LogP contribution in [0.3, 0.4) is 0 Å². The quantitative estimate of drug-likeness (QED) is 0.446. The molecular formula is C9H18NO5+. The number of aliphatic hydroxyl groups excluding tert-OH is 1. The third-order valence-corrected chi connectivity index (χ3v) is 1.58. The first-order chi connectivity index (χ1) is 6.74. The van der Waals surface area contributed by atoms with Crippen molar-refractivity contribution in [1.82, 2.24) is 0 Å². The Balaban J connectivity index is 4.31. The van der Waals surface area contributed by atoms with Gasteiger partial charge < -0.3 is 19.4 Å². The number of carbonyl (C=O) groups is 2. The van der Waals surface area contributed by atoms with Gasteiger partial charge in [-0.25, -0.2) is 4.79 Å². The van der Waals surface area contributed by atoms with Gasteiger partial charge in [-0.05, 0) is 0 Å². The fraction of sp³-hybridized carbons (Fsp3) is 0.778. The van der Waals surface area contributed by atoms with E-state index >= 15 is 0 Å². The molecule has 0 fully saturated rings. The van der Waals surface area contributed by atoms with Crippen molar-refractivity contribution < 1.29 is 29.0 Å². The molecule has 0 rings (SSSR count). The summed E-state index contributed by atoms with van der Waals surface area (Å²) < 4.78 is 5.28. The highest BCUT2D eigenvalue weighted by molar-refractivity contribution is 5.72. The van der Waals surface area contributed by atoms with Crippen LogP contribution in [0.25, 0.3) is 0 Å². The lowest BCUT2D eigenvalue weighted by Crippen LogP contribution is -2.44. The van der Waals surface area contributed by atoms with Crippen molar-refractivity contribution in [3.63, 3.8) is 0 Å². The number of nitrogens with zero attached hydrogens (tertiary/aromatic N) is 1. The lowest BCUT2D eigenvalue weighted by molar-refractivity contribution is -0.873. The largest absolute Gasteiger partial charge is 0.481 e. The van der Waals surface area contributed by atoms with Gasteiger partial charge in [-0.1, -0.05) is 0 Å². The van der Waals surface area contributed by atoms with Gasteiger partial charge >= 0.3 is 11.9 Å². The summed E-state index contributed by atoms with van der Waals surface area (Å²) in [6, 6.07) is 0. The Bertz CT molecular complexity index is 233. The van der Waals surface area contributed by atoms with Crippen molar-refractivity contribution in [2.45, 2.75) is 12.5 Å². The van der Waals surface area contributed by atoms with E-state index in [4.69, 9.17) is 14.9 Å². The Morgan fingerprint density at radius 3 is 2.20 bits per heavy atom. The molecule has 0 heterocycles. The number of likely N-dealkylation sites (N-methyl/N-ethyl adjacent to an activating group) is 1. The van der Waals surface area contributed by atoms with Gasteiger partial charge in [0.2, 0.25) is 0 Å². The number of esters is 1. The van der Waals surface area contributed by atoms with E-state index in [-0.39, 0.29) is 6.42 Å². The van der Waals surface area contributed by atoms with Crippen LogP contribution < -0.4 is 0 Å². The molecule has 6 heteroatoms. The fourth-order valence-electron chi connectivity index (χ4n) is 1.17. The predicted molar refractivity (Wildman–Crippen MR) is 52.1 cm³/mol. The number of hydrogen-bond donors (Lipinski definition) is 2. The number of ether oxygens (including phenoxy) is 1. The van der Waals surface area contributed by atoms with Crippen LogP contribution in [0.5, 0.6) is 0 Å². The first-order valence-electron chi connectivity index (χ1n) is 4.57. The molecule has 88 valence electrons. The maximum atomic E-state index is 10.8. The molecule has 1 atom stereocenters. The van der Waals surface area contributed by atoms with Gasteiger partial charge in [0, 0.05) is 0 Å². The molecule has 2 N–H and O–H groups in total. The molecule has 0 aromatic rings. The summed E-state index contributed by atoms with van der Waals surface area (Å²) in [5.74, 6) is -1.83. The van der Waals surface area contributed by atoms with Gasteiger partial charge in [0.25, 0.3) is 0 Å². The molecule has 1 unspecified atom stereocenters.